The number of rotatable bonds is 5. The van der Waals surface area contributed by atoms with Gasteiger partial charge in [0.05, 0.1) is 5.52 Å². The highest BCUT2D eigenvalue weighted by molar-refractivity contribution is 6.04. The highest BCUT2D eigenvalue weighted by atomic mass is 16.5. The number of amides is 1. The van der Waals surface area contributed by atoms with Crippen LogP contribution in [0.1, 0.15) is 16.1 Å². The maximum absolute atomic E-state index is 12.4. The number of carbonyl (C=O) groups is 1. The van der Waals surface area contributed by atoms with Crippen molar-refractivity contribution in [1.29, 1.82) is 0 Å². The molecule has 3 aromatic carbocycles. The van der Waals surface area contributed by atoms with Gasteiger partial charge in [-0.2, -0.15) is 0 Å². The van der Waals surface area contributed by atoms with E-state index in [0.29, 0.717) is 18.0 Å². The zero-order valence-corrected chi connectivity index (χ0v) is 14.6. The lowest BCUT2D eigenvalue weighted by Gasteiger charge is -2.09. The molecular weight excluding hydrogens is 336 g/mol. The van der Waals surface area contributed by atoms with Crippen molar-refractivity contribution in [2.45, 2.75) is 6.61 Å². The molecule has 1 heterocycles. The molecule has 0 spiro atoms. The van der Waals surface area contributed by atoms with Crippen molar-refractivity contribution in [3.8, 4) is 5.75 Å². The normalized spacial score (nSPS) is 10.5. The Balaban J connectivity index is 1.40. The fraction of sp³-hybridized carbons (Fsp3) is 0.0435. The molecule has 4 heteroatoms. The van der Waals surface area contributed by atoms with Crippen LogP contribution in [0.4, 0.5) is 5.69 Å². The molecule has 4 nitrogen and oxygen atoms in total. The summed E-state index contributed by atoms with van der Waals surface area (Å²) in [5, 5.41) is 3.88. The monoisotopic (exact) mass is 354 g/mol. The van der Waals surface area contributed by atoms with Crippen molar-refractivity contribution in [3.63, 3.8) is 0 Å². The van der Waals surface area contributed by atoms with E-state index >= 15 is 0 Å². The maximum Gasteiger partial charge on any atom is 0.274 e. The van der Waals surface area contributed by atoms with Crippen molar-refractivity contribution in [2.24, 2.45) is 0 Å². The maximum atomic E-state index is 12.4. The van der Waals surface area contributed by atoms with Crippen molar-refractivity contribution >= 4 is 22.5 Å². The standard InChI is InChI=1S/C23H18N2O2/c26-23(22-15-10-18-8-4-5-9-21(18)25-22)24-19-11-13-20(14-12-19)27-16-17-6-2-1-3-7-17/h1-15H,16H2,(H,24,26). The number of aromatic nitrogens is 1. The van der Waals surface area contributed by atoms with Crippen LogP contribution in [0.15, 0.2) is 91.0 Å². The van der Waals surface area contributed by atoms with E-state index in [1.807, 2.05) is 84.9 Å². The lowest BCUT2D eigenvalue weighted by molar-refractivity contribution is 0.102. The van der Waals surface area contributed by atoms with Gasteiger partial charge in [-0.25, -0.2) is 4.98 Å². The van der Waals surface area contributed by atoms with E-state index in [-0.39, 0.29) is 5.91 Å². The third-order valence-electron chi connectivity index (χ3n) is 4.19. The summed E-state index contributed by atoms with van der Waals surface area (Å²) in [7, 11) is 0. The first kappa shape index (κ1) is 16.8. The van der Waals surface area contributed by atoms with Crippen LogP contribution < -0.4 is 10.1 Å². The fourth-order valence-electron chi connectivity index (χ4n) is 2.76. The van der Waals surface area contributed by atoms with Crippen molar-refractivity contribution in [3.05, 3.63) is 102 Å². The Morgan fingerprint density at radius 1 is 0.815 bits per heavy atom. The molecule has 1 N–H and O–H groups in total. The third kappa shape index (κ3) is 4.12. The van der Waals surface area contributed by atoms with Gasteiger partial charge in [-0.3, -0.25) is 4.79 Å². The van der Waals surface area contributed by atoms with E-state index in [0.717, 1.165) is 22.2 Å². The smallest absolute Gasteiger partial charge is 0.274 e. The van der Waals surface area contributed by atoms with E-state index in [9.17, 15) is 4.79 Å². The molecule has 0 saturated heterocycles. The Kier molecular flexibility index (Phi) is 4.79. The zero-order chi connectivity index (χ0) is 18.5. The minimum absolute atomic E-state index is 0.237. The fourth-order valence-corrected chi connectivity index (χ4v) is 2.76. The van der Waals surface area contributed by atoms with Crippen LogP contribution in [0.2, 0.25) is 0 Å². The highest BCUT2D eigenvalue weighted by Crippen LogP contribution is 2.18. The van der Waals surface area contributed by atoms with Gasteiger partial charge in [0.15, 0.2) is 0 Å². The van der Waals surface area contributed by atoms with Crippen LogP contribution in [0.25, 0.3) is 10.9 Å². The molecule has 0 bridgehead atoms. The highest BCUT2D eigenvalue weighted by Gasteiger charge is 2.08. The number of hydrogen-bond acceptors (Lipinski definition) is 3. The Morgan fingerprint density at radius 2 is 1.56 bits per heavy atom. The molecule has 132 valence electrons. The molecule has 1 amide bonds. The summed E-state index contributed by atoms with van der Waals surface area (Å²) < 4.78 is 5.76. The van der Waals surface area contributed by atoms with Crippen LogP contribution in [0, 0.1) is 0 Å². The average Bonchev–Trinajstić information content (AvgIpc) is 2.73. The number of nitrogens with zero attached hydrogens (tertiary/aromatic N) is 1. The summed E-state index contributed by atoms with van der Waals surface area (Å²) in [5.41, 5.74) is 2.99. The summed E-state index contributed by atoms with van der Waals surface area (Å²) in [6, 6.07) is 28.7. The topological polar surface area (TPSA) is 51.2 Å². The molecule has 1 aromatic heterocycles. The largest absolute Gasteiger partial charge is 0.489 e. The lowest BCUT2D eigenvalue weighted by Crippen LogP contribution is -2.13. The molecular formula is C23H18N2O2. The molecule has 4 rings (SSSR count). The first-order valence-electron chi connectivity index (χ1n) is 8.72. The number of carbonyl (C=O) groups excluding carboxylic acids is 1. The van der Waals surface area contributed by atoms with Crippen molar-refractivity contribution in [2.75, 3.05) is 5.32 Å². The molecule has 4 aromatic rings. The van der Waals surface area contributed by atoms with Gasteiger partial charge in [0.2, 0.25) is 0 Å². The molecule has 27 heavy (non-hydrogen) atoms. The first-order valence-corrected chi connectivity index (χ1v) is 8.72. The van der Waals surface area contributed by atoms with E-state index in [2.05, 4.69) is 10.3 Å². The van der Waals surface area contributed by atoms with Gasteiger partial charge < -0.3 is 10.1 Å². The predicted molar refractivity (Wildman–Crippen MR) is 107 cm³/mol. The quantitative estimate of drug-likeness (QED) is 0.545. The van der Waals surface area contributed by atoms with Gasteiger partial charge in [-0.15, -0.1) is 0 Å². The average molecular weight is 354 g/mol. The van der Waals surface area contributed by atoms with E-state index in [4.69, 9.17) is 4.74 Å². The summed E-state index contributed by atoms with van der Waals surface area (Å²) in [5.74, 6) is 0.513. The second kappa shape index (κ2) is 7.70. The predicted octanol–water partition coefficient (Wildman–Crippen LogP) is 5.07. The molecule has 0 aliphatic rings. The summed E-state index contributed by atoms with van der Waals surface area (Å²) in [6.45, 7) is 0.507. The van der Waals surface area contributed by atoms with Crippen LogP contribution in [-0.2, 0) is 6.61 Å². The summed E-state index contributed by atoms with van der Waals surface area (Å²) in [6.07, 6.45) is 0. The van der Waals surface area contributed by atoms with Gasteiger partial charge >= 0.3 is 0 Å². The number of hydrogen-bond donors (Lipinski definition) is 1. The van der Waals surface area contributed by atoms with Gasteiger partial charge in [-0.1, -0.05) is 54.6 Å². The molecule has 0 atom stereocenters. The first-order chi connectivity index (χ1) is 13.3. The van der Waals surface area contributed by atoms with E-state index < -0.39 is 0 Å². The van der Waals surface area contributed by atoms with Gasteiger partial charge in [0.1, 0.15) is 18.1 Å². The van der Waals surface area contributed by atoms with E-state index in [1.54, 1.807) is 6.07 Å². The summed E-state index contributed by atoms with van der Waals surface area (Å²) >= 11 is 0. The van der Waals surface area contributed by atoms with Crippen LogP contribution >= 0.6 is 0 Å². The second-order valence-corrected chi connectivity index (χ2v) is 6.14. The second-order valence-electron chi connectivity index (χ2n) is 6.14. The number of nitrogens with one attached hydrogen (secondary N) is 1. The Labute approximate surface area is 157 Å². The van der Waals surface area contributed by atoms with Crippen LogP contribution in [0.5, 0.6) is 5.75 Å². The van der Waals surface area contributed by atoms with Crippen LogP contribution in [-0.4, -0.2) is 10.9 Å². The SMILES string of the molecule is O=C(Nc1ccc(OCc2ccccc2)cc1)c1ccc2ccccc2n1. The van der Waals surface area contributed by atoms with Gasteiger partial charge in [0.25, 0.3) is 5.91 Å². The molecule has 0 aliphatic carbocycles. The number of ether oxygens (including phenoxy) is 1. The molecule has 0 radical (unpaired) electrons. The van der Waals surface area contributed by atoms with E-state index in [1.165, 1.54) is 0 Å². The Bertz CT molecular complexity index is 1060. The van der Waals surface area contributed by atoms with Crippen molar-refractivity contribution < 1.29 is 9.53 Å². The molecule has 0 aliphatic heterocycles. The molecule has 0 unspecified atom stereocenters. The van der Waals surface area contributed by atoms with Crippen molar-refractivity contribution in [1.82, 2.24) is 4.98 Å². The van der Waals surface area contributed by atoms with Crippen LogP contribution in [0.3, 0.4) is 0 Å². The van der Waals surface area contributed by atoms with Gasteiger partial charge in [0, 0.05) is 11.1 Å². The Morgan fingerprint density at radius 3 is 2.37 bits per heavy atom. The molecule has 0 fully saturated rings. The minimum atomic E-state index is -0.237. The number of fused-ring (bicyclic) bond motifs is 1. The number of anilines is 1. The molecule has 0 saturated carbocycles. The zero-order valence-electron chi connectivity index (χ0n) is 14.6. The third-order valence-corrected chi connectivity index (χ3v) is 4.19. The number of benzene rings is 3. The summed E-state index contributed by atoms with van der Waals surface area (Å²) in [4.78, 5) is 16.9. The van der Waals surface area contributed by atoms with Gasteiger partial charge in [-0.05, 0) is 42.0 Å². The number of para-hydroxylation sites is 1. The number of pyridine rings is 1. The Hall–Kier alpha value is -3.66. The minimum Gasteiger partial charge on any atom is -0.489 e. The lowest BCUT2D eigenvalue weighted by atomic mass is 10.2.